The third-order valence-electron chi connectivity index (χ3n) is 2.89. The number of aryl methyl sites for hydroxylation is 1. The molecule has 0 N–H and O–H groups in total. The van der Waals surface area contributed by atoms with Gasteiger partial charge >= 0.3 is 0 Å². The summed E-state index contributed by atoms with van der Waals surface area (Å²) in [6.45, 7) is 4.34. The van der Waals surface area contributed by atoms with Gasteiger partial charge in [-0.3, -0.25) is 0 Å². The molecule has 3 rings (SSSR count). The third kappa shape index (κ3) is 2.74. The Balaban J connectivity index is 2.11. The minimum Gasteiger partial charge on any atom is -0.477 e. The van der Waals surface area contributed by atoms with E-state index in [-0.39, 0.29) is 0 Å². The maximum Gasteiger partial charge on any atom is 0.222 e. The molecule has 21 heavy (non-hydrogen) atoms. The van der Waals surface area contributed by atoms with Gasteiger partial charge in [-0.1, -0.05) is 0 Å². The van der Waals surface area contributed by atoms with Crippen LogP contribution in [0.2, 0.25) is 0 Å². The molecule has 0 amide bonds. The molecule has 0 saturated carbocycles. The van der Waals surface area contributed by atoms with Crippen LogP contribution in [0, 0.1) is 6.92 Å². The molecule has 3 aromatic rings. The van der Waals surface area contributed by atoms with Crippen molar-refractivity contribution in [2.24, 2.45) is 0 Å². The van der Waals surface area contributed by atoms with Crippen molar-refractivity contribution in [1.29, 1.82) is 0 Å². The fraction of sp³-hybridized carbons (Fsp3) is 0.200. The first-order valence-corrected chi connectivity index (χ1v) is 6.72. The molecular formula is C15H15N5O. The zero-order valence-electron chi connectivity index (χ0n) is 11.9. The van der Waals surface area contributed by atoms with Gasteiger partial charge in [-0.2, -0.15) is 5.10 Å². The molecule has 0 aliphatic heterocycles. The van der Waals surface area contributed by atoms with Crippen molar-refractivity contribution < 1.29 is 4.74 Å². The molecule has 0 aliphatic rings. The molecule has 0 unspecified atom stereocenters. The van der Waals surface area contributed by atoms with Crippen LogP contribution in [-0.4, -0.2) is 31.3 Å². The minimum absolute atomic E-state index is 0.556. The van der Waals surface area contributed by atoms with Gasteiger partial charge in [0.2, 0.25) is 5.88 Å². The predicted octanol–water partition coefficient (Wildman–Crippen LogP) is 2.43. The van der Waals surface area contributed by atoms with Gasteiger partial charge in [0, 0.05) is 24.7 Å². The van der Waals surface area contributed by atoms with Crippen molar-refractivity contribution in [1.82, 2.24) is 24.7 Å². The number of hydrogen-bond acceptors (Lipinski definition) is 5. The molecule has 0 saturated heterocycles. The van der Waals surface area contributed by atoms with Crippen molar-refractivity contribution in [2.45, 2.75) is 13.8 Å². The van der Waals surface area contributed by atoms with E-state index in [4.69, 9.17) is 4.74 Å². The van der Waals surface area contributed by atoms with E-state index >= 15 is 0 Å². The Morgan fingerprint density at radius 3 is 2.86 bits per heavy atom. The van der Waals surface area contributed by atoms with Crippen molar-refractivity contribution in [2.75, 3.05) is 6.61 Å². The standard InChI is InChI=1S/C15H15N5O/c1-3-21-15-12(6-4-7-16-15)13-10-14(19-11(2)18-13)20-9-5-8-17-20/h4-10H,3H2,1-2H3. The summed E-state index contributed by atoms with van der Waals surface area (Å²) in [5, 5.41) is 4.20. The van der Waals surface area contributed by atoms with Crippen molar-refractivity contribution >= 4 is 0 Å². The Morgan fingerprint density at radius 1 is 1.19 bits per heavy atom. The summed E-state index contributed by atoms with van der Waals surface area (Å²) >= 11 is 0. The summed E-state index contributed by atoms with van der Waals surface area (Å²) in [7, 11) is 0. The van der Waals surface area contributed by atoms with Crippen LogP contribution in [0.5, 0.6) is 5.88 Å². The Bertz CT molecular complexity index is 740. The van der Waals surface area contributed by atoms with E-state index in [2.05, 4.69) is 20.1 Å². The van der Waals surface area contributed by atoms with Gasteiger partial charge in [0.15, 0.2) is 5.82 Å². The Kier molecular flexibility index (Phi) is 3.59. The Labute approximate surface area is 122 Å². The molecule has 0 bridgehead atoms. The second-order valence-electron chi connectivity index (χ2n) is 4.40. The maximum atomic E-state index is 5.57. The summed E-state index contributed by atoms with van der Waals surface area (Å²) in [6.07, 6.45) is 5.27. The van der Waals surface area contributed by atoms with E-state index in [0.717, 1.165) is 11.3 Å². The first kappa shape index (κ1) is 13.2. The van der Waals surface area contributed by atoms with Gasteiger partial charge < -0.3 is 4.74 Å². The lowest BCUT2D eigenvalue weighted by molar-refractivity contribution is 0.328. The van der Waals surface area contributed by atoms with E-state index in [0.29, 0.717) is 24.1 Å². The molecule has 0 spiro atoms. The van der Waals surface area contributed by atoms with Gasteiger partial charge in [0.05, 0.1) is 17.9 Å². The zero-order valence-corrected chi connectivity index (χ0v) is 11.9. The molecular weight excluding hydrogens is 266 g/mol. The molecule has 3 heterocycles. The summed E-state index contributed by atoms with van der Waals surface area (Å²) < 4.78 is 7.27. The average Bonchev–Trinajstić information content (AvgIpc) is 3.02. The fourth-order valence-electron chi connectivity index (χ4n) is 2.05. The molecule has 6 nitrogen and oxygen atoms in total. The molecule has 3 aromatic heterocycles. The Morgan fingerprint density at radius 2 is 2.10 bits per heavy atom. The zero-order chi connectivity index (χ0) is 14.7. The van der Waals surface area contributed by atoms with Crippen LogP contribution in [0.3, 0.4) is 0 Å². The highest BCUT2D eigenvalue weighted by atomic mass is 16.5. The largest absolute Gasteiger partial charge is 0.477 e. The topological polar surface area (TPSA) is 65.7 Å². The molecule has 106 valence electrons. The maximum absolute atomic E-state index is 5.57. The van der Waals surface area contributed by atoms with Crippen LogP contribution < -0.4 is 4.74 Å². The first-order valence-electron chi connectivity index (χ1n) is 6.72. The highest BCUT2D eigenvalue weighted by molar-refractivity contribution is 5.66. The molecule has 0 fully saturated rings. The predicted molar refractivity (Wildman–Crippen MR) is 78.3 cm³/mol. The van der Waals surface area contributed by atoms with Crippen molar-refractivity contribution in [3.05, 3.63) is 48.7 Å². The number of nitrogens with zero attached hydrogens (tertiary/aromatic N) is 5. The molecule has 0 radical (unpaired) electrons. The van der Waals surface area contributed by atoms with Gasteiger partial charge in [-0.25, -0.2) is 19.6 Å². The van der Waals surface area contributed by atoms with E-state index in [9.17, 15) is 0 Å². The molecule has 0 atom stereocenters. The third-order valence-corrected chi connectivity index (χ3v) is 2.89. The smallest absolute Gasteiger partial charge is 0.222 e. The highest BCUT2D eigenvalue weighted by Crippen LogP contribution is 2.27. The van der Waals surface area contributed by atoms with Crippen molar-refractivity contribution in [3.63, 3.8) is 0 Å². The van der Waals surface area contributed by atoms with Gasteiger partial charge in [-0.15, -0.1) is 0 Å². The molecule has 0 aromatic carbocycles. The number of aromatic nitrogens is 5. The van der Waals surface area contributed by atoms with Crippen LogP contribution in [0.25, 0.3) is 17.1 Å². The minimum atomic E-state index is 0.556. The normalized spacial score (nSPS) is 10.6. The monoisotopic (exact) mass is 281 g/mol. The summed E-state index contributed by atoms with van der Waals surface area (Å²) in [5.74, 6) is 1.96. The first-order chi connectivity index (χ1) is 10.3. The fourth-order valence-corrected chi connectivity index (χ4v) is 2.05. The second kappa shape index (κ2) is 5.70. The SMILES string of the molecule is CCOc1ncccc1-c1cc(-n2cccn2)nc(C)n1. The second-order valence-corrected chi connectivity index (χ2v) is 4.40. The average molecular weight is 281 g/mol. The van der Waals surface area contributed by atoms with Crippen LogP contribution in [0.15, 0.2) is 42.9 Å². The van der Waals surface area contributed by atoms with E-state index in [1.165, 1.54) is 0 Å². The van der Waals surface area contributed by atoms with Crippen LogP contribution in [-0.2, 0) is 0 Å². The molecule has 6 heteroatoms. The quantitative estimate of drug-likeness (QED) is 0.734. The van der Waals surface area contributed by atoms with Crippen LogP contribution >= 0.6 is 0 Å². The number of hydrogen-bond donors (Lipinski definition) is 0. The van der Waals surface area contributed by atoms with Crippen molar-refractivity contribution in [3.8, 4) is 23.0 Å². The van der Waals surface area contributed by atoms with Gasteiger partial charge in [0.1, 0.15) is 5.82 Å². The summed E-state index contributed by atoms with van der Waals surface area (Å²) in [4.78, 5) is 13.2. The highest BCUT2D eigenvalue weighted by Gasteiger charge is 2.11. The summed E-state index contributed by atoms with van der Waals surface area (Å²) in [6, 6.07) is 7.53. The summed E-state index contributed by atoms with van der Waals surface area (Å²) in [5.41, 5.74) is 1.61. The van der Waals surface area contributed by atoms with Crippen LogP contribution in [0.1, 0.15) is 12.7 Å². The van der Waals surface area contributed by atoms with E-state index < -0.39 is 0 Å². The van der Waals surface area contributed by atoms with E-state index in [1.807, 2.05) is 44.3 Å². The lowest BCUT2D eigenvalue weighted by atomic mass is 10.2. The number of rotatable bonds is 4. The number of pyridine rings is 1. The van der Waals surface area contributed by atoms with Gasteiger partial charge in [0.25, 0.3) is 0 Å². The van der Waals surface area contributed by atoms with E-state index in [1.54, 1.807) is 17.1 Å². The lowest BCUT2D eigenvalue weighted by Gasteiger charge is -2.10. The number of ether oxygens (including phenoxy) is 1. The Hall–Kier alpha value is -2.76. The van der Waals surface area contributed by atoms with Crippen LogP contribution in [0.4, 0.5) is 0 Å². The lowest BCUT2D eigenvalue weighted by Crippen LogP contribution is -2.03. The van der Waals surface area contributed by atoms with Gasteiger partial charge in [-0.05, 0) is 32.0 Å². The molecule has 0 aliphatic carbocycles.